The normalized spacial score (nSPS) is 10.6. The van der Waals surface area contributed by atoms with Crippen LogP contribution in [0.5, 0.6) is 0 Å². The smallest absolute Gasteiger partial charge is 0.158 e. The first-order valence-electron chi connectivity index (χ1n) is 5.10. The molecule has 0 bridgehead atoms. The van der Waals surface area contributed by atoms with E-state index < -0.39 is 0 Å². The van der Waals surface area contributed by atoms with Gasteiger partial charge in [-0.25, -0.2) is 4.98 Å². The van der Waals surface area contributed by atoms with Crippen LogP contribution in [-0.4, -0.2) is 16.8 Å². The highest BCUT2D eigenvalue weighted by molar-refractivity contribution is 5.65. The SMILES string of the molecule is COCc1cccc(C)c1-c1nccn1N. The summed E-state index contributed by atoms with van der Waals surface area (Å²) in [5.41, 5.74) is 3.30. The number of methoxy groups -OCH3 is 1. The molecule has 0 atom stereocenters. The molecule has 0 saturated heterocycles. The Kier molecular flexibility index (Phi) is 2.92. The van der Waals surface area contributed by atoms with Crippen LogP contribution in [0.15, 0.2) is 30.6 Å². The van der Waals surface area contributed by atoms with E-state index in [4.69, 9.17) is 10.6 Å². The van der Waals surface area contributed by atoms with Crippen molar-refractivity contribution in [2.45, 2.75) is 13.5 Å². The second-order valence-electron chi connectivity index (χ2n) is 3.70. The number of imidazole rings is 1. The van der Waals surface area contributed by atoms with Crippen molar-refractivity contribution in [2.75, 3.05) is 13.0 Å². The van der Waals surface area contributed by atoms with Gasteiger partial charge >= 0.3 is 0 Å². The number of aryl methyl sites for hydroxylation is 1. The van der Waals surface area contributed by atoms with Crippen LogP contribution >= 0.6 is 0 Å². The van der Waals surface area contributed by atoms with Crippen molar-refractivity contribution >= 4 is 0 Å². The van der Waals surface area contributed by atoms with E-state index >= 15 is 0 Å². The van der Waals surface area contributed by atoms with Crippen molar-refractivity contribution in [1.82, 2.24) is 9.66 Å². The average molecular weight is 217 g/mol. The standard InChI is InChI=1S/C12H15N3O/c1-9-4-3-5-10(8-16-2)11(9)12-14-6-7-15(12)13/h3-7H,8,13H2,1-2H3. The first kappa shape index (κ1) is 10.7. The van der Waals surface area contributed by atoms with E-state index in [1.807, 2.05) is 25.1 Å². The summed E-state index contributed by atoms with van der Waals surface area (Å²) >= 11 is 0. The van der Waals surface area contributed by atoms with E-state index in [1.54, 1.807) is 19.5 Å². The summed E-state index contributed by atoms with van der Waals surface area (Å²) < 4.78 is 6.71. The second-order valence-corrected chi connectivity index (χ2v) is 3.70. The molecule has 16 heavy (non-hydrogen) atoms. The molecule has 84 valence electrons. The summed E-state index contributed by atoms with van der Waals surface area (Å²) in [4.78, 5) is 4.27. The van der Waals surface area contributed by atoms with Crippen LogP contribution in [0.1, 0.15) is 11.1 Å². The predicted octanol–water partition coefficient (Wildman–Crippen LogP) is 1.72. The Labute approximate surface area is 94.6 Å². The van der Waals surface area contributed by atoms with Crippen LogP contribution in [0.25, 0.3) is 11.4 Å². The Bertz CT molecular complexity index is 491. The Balaban J connectivity index is 2.58. The molecule has 0 fully saturated rings. The third-order valence-electron chi connectivity index (χ3n) is 2.55. The van der Waals surface area contributed by atoms with E-state index in [9.17, 15) is 0 Å². The summed E-state index contributed by atoms with van der Waals surface area (Å²) in [5.74, 6) is 6.59. The van der Waals surface area contributed by atoms with Crippen LogP contribution in [0.3, 0.4) is 0 Å². The lowest BCUT2D eigenvalue weighted by Gasteiger charge is -2.11. The molecule has 0 radical (unpaired) electrons. The number of aromatic nitrogens is 2. The zero-order chi connectivity index (χ0) is 11.5. The second kappa shape index (κ2) is 4.37. The molecule has 1 heterocycles. The van der Waals surface area contributed by atoms with Gasteiger partial charge in [-0.2, -0.15) is 0 Å². The number of nitrogen functional groups attached to an aromatic ring is 1. The summed E-state index contributed by atoms with van der Waals surface area (Å²) in [6, 6.07) is 6.08. The molecule has 0 amide bonds. The molecule has 2 aromatic rings. The lowest BCUT2D eigenvalue weighted by molar-refractivity contribution is 0.185. The van der Waals surface area contributed by atoms with Crippen LogP contribution in [0.2, 0.25) is 0 Å². The average Bonchev–Trinajstić information content (AvgIpc) is 2.65. The van der Waals surface area contributed by atoms with Crippen LogP contribution < -0.4 is 5.84 Å². The van der Waals surface area contributed by atoms with Gasteiger partial charge in [-0.15, -0.1) is 0 Å². The van der Waals surface area contributed by atoms with Crippen molar-refractivity contribution in [1.29, 1.82) is 0 Å². The first-order chi connectivity index (χ1) is 7.74. The molecule has 4 heteroatoms. The molecule has 1 aromatic heterocycles. The monoisotopic (exact) mass is 217 g/mol. The van der Waals surface area contributed by atoms with Gasteiger partial charge in [0.1, 0.15) is 0 Å². The molecule has 0 spiro atoms. The Morgan fingerprint density at radius 2 is 2.25 bits per heavy atom. The highest BCUT2D eigenvalue weighted by Crippen LogP contribution is 2.25. The van der Waals surface area contributed by atoms with Crippen molar-refractivity contribution in [3.63, 3.8) is 0 Å². The van der Waals surface area contributed by atoms with Gasteiger partial charge in [-0.05, 0) is 18.1 Å². The summed E-state index contributed by atoms with van der Waals surface area (Å²) in [7, 11) is 1.68. The number of benzene rings is 1. The molecule has 1 aromatic carbocycles. The first-order valence-corrected chi connectivity index (χ1v) is 5.10. The number of nitrogens with two attached hydrogens (primary N) is 1. The molecular formula is C12H15N3O. The van der Waals surface area contributed by atoms with E-state index in [0.29, 0.717) is 6.61 Å². The lowest BCUT2D eigenvalue weighted by Crippen LogP contribution is -2.10. The number of ether oxygens (including phenoxy) is 1. The van der Waals surface area contributed by atoms with E-state index in [1.165, 1.54) is 4.68 Å². The maximum absolute atomic E-state index is 5.82. The molecule has 2 rings (SSSR count). The van der Waals surface area contributed by atoms with Crippen LogP contribution in [0.4, 0.5) is 0 Å². The molecule has 0 unspecified atom stereocenters. The van der Waals surface area contributed by atoms with Gasteiger partial charge in [0.2, 0.25) is 0 Å². The maximum atomic E-state index is 5.82. The Morgan fingerprint density at radius 1 is 1.44 bits per heavy atom. The van der Waals surface area contributed by atoms with Gasteiger partial charge in [0.25, 0.3) is 0 Å². The molecular weight excluding hydrogens is 202 g/mol. The number of hydrogen-bond acceptors (Lipinski definition) is 3. The van der Waals surface area contributed by atoms with E-state index in [-0.39, 0.29) is 0 Å². The quantitative estimate of drug-likeness (QED) is 0.796. The molecule has 0 aliphatic carbocycles. The van der Waals surface area contributed by atoms with Gasteiger partial charge in [-0.1, -0.05) is 18.2 Å². The Hall–Kier alpha value is -1.81. The molecule has 0 aliphatic rings. The fourth-order valence-corrected chi connectivity index (χ4v) is 1.83. The Morgan fingerprint density at radius 3 is 2.88 bits per heavy atom. The minimum atomic E-state index is 0.559. The minimum absolute atomic E-state index is 0.559. The summed E-state index contributed by atoms with van der Waals surface area (Å²) in [5, 5.41) is 0. The highest BCUT2D eigenvalue weighted by atomic mass is 16.5. The van der Waals surface area contributed by atoms with Crippen molar-refractivity contribution in [2.24, 2.45) is 0 Å². The van der Waals surface area contributed by atoms with Crippen molar-refractivity contribution < 1.29 is 4.74 Å². The summed E-state index contributed by atoms with van der Waals surface area (Å²) in [6.45, 7) is 2.60. The van der Waals surface area contributed by atoms with Crippen molar-refractivity contribution in [3.05, 3.63) is 41.7 Å². The van der Waals surface area contributed by atoms with E-state index in [2.05, 4.69) is 4.98 Å². The molecule has 0 aliphatic heterocycles. The number of hydrogen-bond donors (Lipinski definition) is 1. The molecule has 0 saturated carbocycles. The third-order valence-corrected chi connectivity index (χ3v) is 2.55. The topological polar surface area (TPSA) is 53.1 Å². The maximum Gasteiger partial charge on any atom is 0.158 e. The largest absolute Gasteiger partial charge is 0.380 e. The minimum Gasteiger partial charge on any atom is -0.380 e. The van der Waals surface area contributed by atoms with Gasteiger partial charge < -0.3 is 10.6 Å². The summed E-state index contributed by atoms with van der Waals surface area (Å²) in [6.07, 6.45) is 3.43. The van der Waals surface area contributed by atoms with E-state index in [0.717, 1.165) is 22.5 Å². The van der Waals surface area contributed by atoms with Gasteiger partial charge in [-0.3, -0.25) is 4.68 Å². The van der Waals surface area contributed by atoms with Gasteiger partial charge in [0.15, 0.2) is 5.82 Å². The number of nitrogens with zero attached hydrogens (tertiary/aromatic N) is 2. The van der Waals surface area contributed by atoms with Gasteiger partial charge in [0, 0.05) is 25.1 Å². The fourth-order valence-electron chi connectivity index (χ4n) is 1.83. The number of rotatable bonds is 3. The molecule has 4 nitrogen and oxygen atoms in total. The van der Waals surface area contributed by atoms with Crippen LogP contribution in [-0.2, 0) is 11.3 Å². The fraction of sp³-hybridized carbons (Fsp3) is 0.250. The highest BCUT2D eigenvalue weighted by Gasteiger charge is 2.12. The van der Waals surface area contributed by atoms with Gasteiger partial charge in [0.05, 0.1) is 6.61 Å². The van der Waals surface area contributed by atoms with Crippen LogP contribution in [0, 0.1) is 6.92 Å². The zero-order valence-electron chi connectivity index (χ0n) is 9.47. The molecule has 2 N–H and O–H groups in total. The predicted molar refractivity (Wildman–Crippen MR) is 63.3 cm³/mol. The third kappa shape index (κ3) is 1.79. The zero-order valence-corrected chi connectivity index (χ0v) is 9.47. The lowest BCUT2D eigenvalue weighted by atomic mass is 10.0. The van der Waals surface area contributed by atoms with Crippen molar-refractivity contribution in [3.8, 4) is 11.4 Å².